The van der Waals surface area contributed by atoms with E-state index in [0.29, 0.717) is 0 Å². The Morgan fingerprint density at radius 2 is 2.46 bits per heavy atom. The van der Waals surface area contributed by atoms with Crippen LogP contribution in [-0.2, 0) is 4.74 Å². The molecular formula is C8H10N2O2S. The van der Waals surface area contributed by atoms with Gasteiger partial charge in [-0.15, -0.1) is 11.3 Å². The van der Waals surface area contributed by atoms with Crippen LogP contribution in [0.3, 0.4) is 0 Å². The van der Waals surface area contributed by atoms with Crippen molar-refractivity contribution in [3.05, 3.63) is 16.6 Å². The number of carbonyl (C=O) groups excluding carboxylic acids is 1. The van der Waals surface area contributed by atoms with E-state index in [-0.39, 0.29) is 18.2 Å². The van der Waals surface area contributed by atoms with Gasteiger partial charge in [0.1, 0.15) is 5.01 Å². The maximum Gasteiger partial charge on any atom is 0.410 e. The summed E-state index contributed by atoms with van der Waals surface area (Å²) in [5.74, 6) is 0. The zero-order valence-corrected chi connectivity index (χ0v) is 8.25. The number of aromatic nitrogens is 1. The lowest BCUT2D eigenvalue weighted by molar-refractivity contribution is 0.131. The summed E-state index contributed by atoms with van der Waals surface area (Å²) in [4.78, 5) is 16.9. The monoisotopic (exact) mass is 198 g/mol. The van der Waals surface area contributed by atoms with E-state index in [0.717, 1.165) is 5.01 Å². The predicted molar refractivity (Wildman–Crippen MR) is 48.6 cm³/mol. The van der Waals surface area contributed by atoms with Gasteiger partial charge in [-0.2, -0.15) is 0 Å². The average molecular weight is 198 g/mol. The number of amides is 1. The Balaban J connectivity index is 2.23. The fourth-order valence-corrected chi connectivity index (χ4v) is 2.05. The van der Waals surface area contributed by atoms with Crippen molar-refractivity contribution in [2.45, 2.75) is 19.1 Å². The molecule has 0 saturated carbocycles. The average Bonchev–Trinajstić information content (AvgIpc) is 2.70. The molecule has 13 heavy (non-hydrogen) atoms. The first-order valence-electron chi connectivity index (χ1n) is 4.03. The fraction of sp³-hybridized carbons (Fsp3) is 0.500. The van der Waals surface area contributed by atoms with E-state index in [2.05, 4.69) is 4.98 Å². The molecule has 1 saturated heterocycles. The van der Waals surface area contributed by atoms with Crippen molar-refractivity contribution in [2.24, 2.45) is 0 Å². The van der Waals surface area contributed by atoms with E-state index < -0.39 is 0 Å². The summed E-state index contributed by atoms with van der Waals surface area (Å²) in [6.45, 7) is 1.96. The smallest absolute Gasteiger partial charge is 0.410 e. The number of likely N-dealkylation sites (N-methyl/N-ethyl adjacent to an activating group) is 1. The van der Waals surface area contributed by atoms with Crippen LogP contribution in [-0.4, -0.2) is 29.1 Å². The molecule has 70 valence electrons. The van der Waals surface area contributed by atoms with Crippen molar-refractivity contribution < 1.29 is 9.53 Å². The van der Waals surface area contributed by atoms with Gasteiger partial charge in [-0.05, 0) is 6.92 Å². The van der Waals surface area contributed by atoms with E-state index in [1.165, 1.54) is 11.3 Å². The molecule has 2 heterocycles. The number of cyclic esters (lactones) is 1. The second-order valence-electron chi connectivity index (χ2n) is 3.03. The molecule has 0 N–H and O–H groups in total. The zero-order chi connectivity index (χ0) is 9.42. The first-order chi connectivity index (χ1) is 6.20. The van der Waals surface area contributed by atoms with E-state index in [9.17, 15) is 4.79 Å². The highest BCUT2D eigenvalue weighted by molar-refractivity contribution is 7.09. The van der Waals surface area contributed by atoms with Gasteiger partial charge in [-0.1, -0.05) is 0 Å². The van der Waals surface area contributed by atoms with Gasteiger partial charge in [-0.3, -0.25) is 0 Å². The van der Waals surface area contributed by atoms with Gasteiger partial charge in [0.2, 0.25) is 0 Å². The molecular weight excluding hydrogens is 188 g/mol. The zero-order valence-electron chi connectivity index (χ0n) is 7.43. The van der Waals surface area contributed by atoms with Crippen LogP contribution in [0.1, 0.15) is 18.0 Å². The SMILES string of the molecule is C[C@H]1[C@H](c2nccs2)OC(=O)N1C. The van der Waals surface area contributed by atoms with Gasteiger partial charge in [0, 0.05) is 18.6 Å². The molecule has 0 radical (unpaired) electrons. The Hall–Kier alpha value is -1.10. The highest BCUT2D eigenvalue weighted by Crippen LogP contribution is 2.31. The van der Waals surface area contributed by atoms with Crippen LogP contribution in [0.4, 0.5) is 4.79 Å². The third-order valence-electron chi connectivity index (χ3n) is 2.26. The van der Waals surface area contributed by atoms with Crippen molar-refractivity contribution in [3.63, 3.8) is 0 Å². The number of hydrogen-bond donors (Lipinski definition) is 0. The number of hydrogen-bond acceptors (Lipinski definition) is 4. The predicted octanol–water partition coefficient (Wildman–Crippen LogP) is 1.65. The second-order valence-corrected chi connectivity index (χ2v) is 3.95. The first-order valence-corrected chi connectivity index (χ1v) is 4.91. The van der Waals surface area contributed by atoms with Crippen LogP contribution in [0.5, 0.6) is 0 Å². The molecule has 5 heteroatoms. The highest BCUT2D eigenvalue weighted by Gasteiger charge is 2.38. The summed E-state index contributed by atoms with van der Waals surface area (Å²) in [6.07, 6.45) is 1.25. The van der Waals surface area contributed by atoms with E-state index in [1.807, 2.05) is 12.3 Å². The number of thiazole rings is 1. The molecule has 0 aliphatic carbocycles. The van der Waals surface area contributed by atoms with Crippen molar-refractivity contribution >= 4 is 17.4 Å². The quantitative estimate of drug-likeness (QED) is 0.689. The summed E-state index contributed by atoms with van der Waals surface area (Å²) >= 11 is 1.51. The summed E-state index contributed by atoms with van der Waals surface area (Å²) in [6, 6.07) is 0.0682. The first kappa shape index (κ1) is 8.50. The van der Waals surface area contributed by atoms with E-state index >= 15 is 0 Å². The van der Waals surface area contributed by atoms with Gasteiger partial charge in [-0.25, -0.2) is 9.78 Å². The van der Waals surface area contributed by atoms with Crippen molar-refractivity contribution in [3.8, 4) is 0 Å². The second kappa shape index (κ2) is 2.99. The van der Waals surface area contributed by atoms with Crippen molar-refractivity contribution in [1.29, 1.82) is 0 Å². The molecule has 1 aliphatic rings. The van der Waals surface area contributed by atoms with Gasteiger partial charge >= 0.3 is 6.09 Å². The van der Waals surface area contributed by atoms with Crippen molar-refractivity contribution in [2.75, 3.05) is 7.05 Å². The molecule has 2 atom stereocenters. The van der Waals surface area contributed by atoms with Gasteiger partial charge in [0.05, 0.1) is 6.04 Å². The van der Waals surface area contributed by atoms with Crippen LogP contribution >= 0.6 is 11.3 Å². The van der Waals surface area contributed by atoms with Crippen LogP contribution in [0.2, 0.25) is 0 Å². The molecule has 2 rings (SSSR count). The molecule has 0 unspecified atom stereocenters. The fourth-order valence-electron chi connectivity index (χ4n) is 1.29. The Labute approximate surface area is 80.1 Å². The Morgan fingerprint density at radius 3 is 2.92 bits per heavy atom. The summed E-state index contributed by atoms with van der Waals surface area (Å²) < 4.78 is 5.17. The Morgan fingerprint density at radius 1 is 1.69 bits per heavy atom. The van der Waals surface area contributed by atoms with Gasteiger partial charge in [0.15, 0.2) is 6.10 Å². The summed E-state index contributed by atoms with van der Waals surface area (Å²) in [5, 5.41) is 2.75. The lowest BCUT2D eigenvalue weighted by atomic mass is 10.2. The molecule has 4 nitrogen and oxygen atoms in total. The number of nitrogens with zero attached hydrogens (tertiary/aromatic N) is 2. The molecule has 1 amide bonds. The minimum atomic E-state index is -0.271. The lowest BCUT2D eigenvalue weighted by Crippen LogP contribution is -2.27. The third kappa shape index (κ3) is 1.29. The van der Waals surface area contributed by atoms with E-state index in [1.54, 1.807) is 18.1 Å². The van der Waals surface area contributed by atoms with Crippen LogP contribution < -0.4 is 0 Å². The minimum Gasteiger partial charge on any atom is -0.436 e. The van der Waals surface area contributed by atoms with Crippen molar-refractivity contribution in [1.82, 2.24) is 9.88 Å². The maximum absolute atomic E-state index is 11.2. The molecule has 1 aromatic heterocycles. The maximum atomic E-state index is 11.2. The number of carbonyl (C=O) groups is 1. The third-order valence-corrected chi connectivity index (χ3v) is 3.10. The van der Waals surface area contributed by atoms with Gasteiger partial charge < -0.3 is 9.64 Å². The standard InChI is InChI=1S/C8H10N2O2S/c1-5-6(7-9-3-4-13-7)12-8(11)10(5)2/h3-6H,1-2H3/t5-,6+/m0/s1. The number of ether oxygens (including phenoxy) is 1. The van der Waals surface area contributed by atoms with Crippen LogP contribution in [0.25, 0.3) is 0 Å². The molecule has 1 fully saturated rings. The molecule has 1 aliphatic heterocycles. The minimum absolute atomic E-state index is 0.0682. The molecule has 0 spiro atoms. The largest absolute Gasteiger partial charge is 0.436 e. The molecule has 1 aromatic rings. The molecule has 0 aromatic carbocycles. The van der Waals surface area contributed by atoms with Crippen LogP contribution in [0.15, 0.2) is 11.6 Å². The van der Waals surface area contributed by atoms with Gasteiger partial charge in [0.25, 0.3) is 0 Å². The summed E-state index contributed by atoms with van der Waals surface area (Å²) in [7, 11) is 1.74. The highest BCUT2D eigenvalue weighted by atomic mass is 32.1. The summed E-state index contributed by atoms with van der Waals surface area (Å²) in [5.41, 5.74) is 0. The lowest BCUT2D eigenvalue weighted by Gasteiger charge is -2.13. The number of rotatable bonds is 1. The topological polar surface area (TPSA) is 42.4 Å². The molecule has 0 bridgehead atoms. The Bertz CT molecular complexity index is 312. The Kier molecular flexibility index (Phi) is 1.95. The van der Waals surface area contributed by atoms with Crippen LogP contribution in [0, 0.1) is 0 Å². The van der Waals surface area contributed by atoms with E-state index in [4.69, 9.17) is 4.74 Å². The normalized spacial score (nSPS) is 27.8.